The zero-order chi connectivity index (χ0) is 21.4. The van der Waals surface area contributed by atoms with Gasteiger partial charge in [0.05, 0.1) is 25.2 Å². The Morgan fingerprint density at radius 2 is 1.62 bits per heavy atom. The summed E-state index contributed by atoms with van der Waals surface area (Å²) >= 11 is 0. The second-order valence-electron chi connectivity index (χ2n) is 6.36. The first kappa shape index (κ1) is 22.5. The van der Waals surface area contributed by atoms with Crippen molar-refractivity contribution >= 4 is 27.3 Å². The largest absolute Gasteiger partial charge is 0.494 e. The summed E-state index contributed by atoms with van der Waals surface area (Å²) in [6.45, 7) is 6.53. The summed E-state index contributed by atoms with van der Waals surface area (Å²) in [6, 6.07) is 12.7. The molecule has 0 aromatic heterocycles. The highest BCUT2D eigenvalue weighted by Crippen LogP contribution is 2.26. The molecule has 0 unspecified atom stereocenters. The number of hydrogen-bond donors (Lipinski definition) is 1. The molecule has 0 fully saturated rings. The molecule has 0 aliphatic carbocycles. The lowest BCUT2D eigenvalue weighted by atomic mass is 10.1. The van der Waals surface area contributed by atoms with E-state index in [0.29, 0.717) is 42.5 Å². The second-order valence-corrected chi connectivity index (χ2v) is 8.22. The molecule has 8 heteroatoms. The quantitative estimate of drug-likeness (QED) is 0.634. The third kappa shape index (κ3) is 6.12. The van der Waals surface area contributed by atoms with Crippen LogP contribution in [0.5, 0.6) is 11.5 Å². The summed E-state index contributed by atoms with van der Waals surface area (Å²) in [5, 5.41) is 2.80. The van der Waals surface area contributed by atoms with Crippen LogP contribution in [0.15, 0.2) is 48.5 Å². The van der Waals surface area contributed by atoms with E-state index >= 15 is 0 Å². The molecule has 1 atom stereocenters. The van der Waals surface area contributed by atoms with Crippen LogP contribution >= 0.6 is 0 Å². The molecule has 0 bridgehead atoms. The standard InChI is InChI=1S/C21H28N2O5S/c1-5-20(21(24)22-16-9-8-10-19(15-16)28-7-3)23(29(4,25)26)17-11-13-18(14-12-17)27-6-2/h8-15,20H,5-7H2,1-4H3,(H,22,24)/t20-/m1/s1. The Bertz CT molecular complexity index is 913. The molecule has 0 radical (unpaired) electrons. The number of ether oxygens (including phenoxy) is 2. The van der Waals surface area contributed by atoms with Gasteiger partial charge in [-0.05, 0) is 56.7 Å². The van der Waals surface area contributed by atoms with Gasteiger partial charge in [0.15, 0.2) is 0 Å². The summed E-state index contributed by atoms with van der Waals surface area (Å²) < 4.78 is 37.1. The van der Waals surface area contributed by atoms with Crippen molar-refractivity contribution in [3.05, 3.63) is 48.5 Å². The van der Waals surface area contributed by atoms with Crippen LogP contribution in [0.3, 0.4) is 0 Å². The number of hydrogen-bond acceptors (Lipinski definition) is 5. The van der Waals surface area contributed by atoms with Gasteiger partial charge in [-0.15, -0.1) is 0 Å². The maximum atomic E-state index is 13.0. The molecule has 0 saturated carbocycles. The molecule has 2 rings (SSSR count). The Morgan fingerprint density at radius 3 is 2.17 bits per heavy atom. The molecule has 0 saturated heterocycles. The van der Waals surface area contributed by atoms with E-state index in [4.69, 9.17) is 9.47 Å². The van der Waals surface area contributed by atoms with Crippen molar-refractivity contribution in [3.63, 3.8) is 0 Å². The molecule has 2 aromatic carbocycles. The smallest absolute Gasteiger partial charge is 0.248 e. The van der Waals surface area contributed by atoms with Crippen LogP contribution in [0.1, 0.15) is 27.2 Å². The van der Waals surface area contributed by atoms with Crippen LogP contribution in [0.2, 0.25) is 0 Å². The first-order valence-corrected chi connectivity index (χ1v) is 11.4. The maximum Gasteiger partial charge on any atom is 0.248 e. The Labute approximate surface area is 172 Å². The van der Waals surface area contributed by atoms with Gasteiger partial charge in [-0.1, -0.05) is 13.0 Å². The molecule has 0 aliphatic rings. The molecule has 0 aliphatic heterocycles. The zero-order valence-corrected chi connectivity index (χ0v) is 18.0. The van der Waals surface area contributed by atoms with Gasteiger partial charge in [0.2, 0.25) is 15.9 Å². The van der Waals surface area contributed by atoms with Crippen LogP contribution in [0, 0.1) is 0 Å². The van der Waals surface area contributed by atoms with Crippen molar-refractivity contribution < 1.29 is 22.7 Å². The molecular weight excluding hydrogens is 392 g/mol. The van der Waals surface area contributed by atoms with Gasteiger partial charge in [-0.3, -0.25) is 9.10 Å². The summed E-state index contributed by atoms with van der Waals surface area (Å²) in [6.07, 6.45) is 1.40. The van der Waals surface area contributed by atoms with E-state index < -0.39 is 22.0 Å². The van der Waals surface area contributed by atoms with Crippen LogP contribution in [0.4, 0.5) is 11.4 Å². The fourth-order valence-electron chi connectivity index (χ4n) is 2.97. The Hall–Kier alpha value is -2.74. The van der Waals surface area contributed by atoms with Crippen LogP contribution < -0.4 is 19.1 Å². The number of amides is 1. The molecule has 158 valence electrons. The van der Waals surface area contributed by atoms with Crippen LogP contribution in [-0.4, -0.2) is 39.8 Å². The summed E-state index contributed by atoms with van der Waals surface area (Å²) in [5.74, 6) is 0.847. The maximum absolute atomic E-state index is 13.0. The number of sulfonamides is 1. The van der Waals surface area contributed by atoms with Gasteiger partial charge < -0.3 is 14.8 Å². The van der Waals surface area contributed by atoms with Gasteiger partial charge in [-0.25, -0.2) is 8.42 Å². The molecular formula is C21H28N2O5S. The third-order valence-corrected chi connectivity index (χ3v) is 5.32. The summed E-state index contributed by atoms with van der Waals surface area (Å²) in [7, 11) is -3.70. The Kier molecular flexibility index (Phi) is 7.90. The minimum atomic E-state index is -3.70. The molecule has 1 N–H and O–H groups in total. The third-order valence-electron chi connectivity index (χ3n) is 4.14. The fraction of sp³-hybridized carbons (Fsp3) is 0.381. The van der Waals surface area contributed by atoms with Crippen molar-refractivity contribution in [1.82, 2.24) is 0 Å². The second kappa shape index (κ2) is 10.2. The van der Waals surface area contributed by atoms with Crippen molar-refractivity contribution in [2.24, 2.45) is 0 Å². The average Bonchev–Trinajstić information content (AvgIpc) is 2.66. The normalized spacial score (nSPS) is 12.1. The van der Waals surface area contributed by atoms with Crippen molar-refractivity contribution in [2.45, 2.75) is 33.2 Å². The predicted molar refractivity (Wildman–Crippen MR) is 115 cm³/mol. The van der Waals surface area contributed by atoms with Crippen molar-refractivity contribution in [1.29, 1.82) is 0 Å². The zero-order valence-electron chi connectivity index (χ0n) is 17.2. The van der Waals surface area contributed by atoms with E-state index in [2.05, 4.69) is 5.32 Å². The molecule has 2 aromatic rings. The topological polar surface area (TPSA) is 84.9 Å². The van der Waals surface area contributed by atoms with Gasteiger partial charge in [0.25, 0.3) is 0 Å². The van der Waals surface area contributed by atoms with Crippen molar-refractivity contribution in [3.8, 4) is 11.5 Å². The summed E-state index contributed by atoms with van der Waals surface area (Å²) in [5.41, 5.74) is 0.945. The first-order chi connectivity index (χ1) is 13.8. The Balaban J connectivity index is 2.30. The number of carbonyl (C=O) groups excluding carboxylic acids is 1. The Morgan fingerprint density at radius 1 is 1.00 bits per heavy atom. The molecule has 1 amide bonds. The number of carbonyl (C=O) groups is 1. The highest BCUT2D eigenvalue weighted by molar-refractivity contribution is 7.92. The lowest BCUT2D eigenvalue weighted by molar-refractivity contribution is -0.117. The highest BCUT2D eigenvalue weighted by Gasteiger charge is 2.31. The predicted octanol–water partition coefficient (Wildman–Crippen LogP) is 3.67. The molecule has 0 heterocycles. The van der Waals surface area contributed by atoms with Crippen LogP contribution in [-0.2, 0) is 14.8 Å². The fourth-order valence-corrected chi connectivity index (χ4v) is 4.18. The van der Waals surface area contributed by atoms with Gasteiger partial charge in [-0.2, -0.15) is 0 Å². The average molecular weight is 421 g/mol. The summed E-state index contributed by atoms with van der Waals surface area (Å²) in [4.78, 5) is 13.0. The highest BCUT2D eigenvalue weighted by atomic mass is 32.2. The lowest BCUT2D eigenvalue weighted by Crippen LogP contribution is -2.47. The molecule has 29 heavy (non-hydrogen) atoms. The van der Waals surface area contributed by atoms with E-state index in [9.17, 15) is 13.2 Å². The minimum Gasteiger partial charge on any atom is -0.494 e. The van der Waals surface area contributed by atoms with Crippen molar-refractivity contribution in [2.75, 3.05) is 29.1 Å². The monoisotopic (exact) mass is 420 g/mol. The number of anilines is 2. The van der Waals surface area contributed by atoms with E-state index in [-0.39, 0.29) is 0 Å². The number of benzene rings is 2. The SMILES string of the molecule is CCOc1ccc(N([C@H](CC)C(=O)Nc2cccc(OCC)c2)S(C)(=O)=O)cc1. The number of nitrogens with zero attached hydrogens (tertiary/aromatic N) is 1. The number of rotatable bonds is 10. The van der Waals surface area contributed by atoms with Gasteiger partial charge in [0.1, 0.15) is 17.5 Å². The van der Waals surface area contributed by atoms with E-state index in [1.807, 2.05) is 13.8 Å². The number of nitrogens with one attached hydrogen (secondary N) is 1. The molecule has 0 spiro atoms. The molecule has 7 nitrogen and oxygen atoms in total. The first-order valence-electron chi connectivity index (χ1n) is 9.56. The van der Waals surface area contributed by atoms with E-state index in [0.717, 1.165) is 10.6 Å². The minimum absolute atomic E-state index is 0.303. The lowest BCUT2D eigenvalue weighted by Gasteiger charge is -2.30. The van der Waals surface area contributed by atoms with E-state index in [1.54, 1.807) is 55.5 Å². The van der Waals surface area contributed by atoms with Gasteiger partial charge in [0, 0.05) is 11.8 Å². The van der Waals surface area contributed by atoms with E-state index in [1.165, 1.54) is 0 Å². The van der Waals surface area contributed by atoms with Crippen LogP contribution in [0.25, 0.3) is 0 Å². The van der Waals surface area contributed by atoms with Gasteiger partial charge >= 0.3 is 0 Å².